The molecule has 0 rings (SSSR count). The van der Waals surface area contributed by atoms with Gasteiger partial charge in [-0.1, -0.05) is 19.8 Å². The molecule has 0 aliphatic heterocycles. The summed E-state index contributed by atoms with van der Waals surface area (Å²) in [7, 11) is 1.81. The molecule has 4 heteroatoms. The van der Waals surface area contributed by atoms with Gasteiger partial charge in [-0.15, -0.1) is 0 Å². The van der Waals surface area contributed by atoms with Crippen molar-refractivity contribution < 1.29 is 0 Å². The summed E-state index contributed by atoms with van der Waals surface area (Å²) >= 11 is 0. The number of unbranched alkanes of at least 4 members (excludes halogenated alkanes) is 2. The highest BCUT2D eigenvalue weighted by Gasteiger charge is 2.07. The van der Waals surface area contributed by atoms with E-state index in [1.165, 1.54) is 19.3 Å². The Morgan fingerprint density at radius 3 is 2.18 bits per heavy atom. The van der Waals surface area contributed by atoms with Gasteiger partial charge in [-0.2, -0.15) is 0 Å². The number of hydrogen-bond donors (Lipinski definition) is 3. The van der Waals surface area contributed by atoms with Crippen molar-refractivity contribution in [3.8, 4) is 0 Å². The van der Waals surface area contributed by atoms with Crippen molar-refractivity contribution in [1.82, 2.24) is 16.0 Å². The Morgan fingerprint density at radius 1 is 1.00 bits per heavy atom. The van der Waals surface area contributed by atoms with Gasteiger partial charge >= 0.3 is 0 Å². The molecule has 0 saturated carbocycles. The van der Waals surface area contributed by atoms with E-state index in [-0.39, 0.29) is 5.54 Å². The van der Waals surface area contributed by atoms with E-state index in [2.05, 4.69) is 48.6 Å². The maximum Gasteiger partial charge on any atom is 0.191 e. The number of nitrogens with one attached hydrogen (secondary N) is 3. The molecule has 0 bridgehead atoms. The molecular formula is C13H30N4. The van der Waals surface area contributed by atoms with Gasteiger partial charge in [-0.05, 0) is 27.2 Å². The second-order valence-electron chi connectivity index (χ2n) is 5.31. The van der Waals surface area contributed by atoms with Gasteiger partial charge in [0, 0.05) is 32.2 Å². The van der Waals surface area contributed by atoms with Crippen LogP contribution in [0.3, 0.4) is 0 Å². The highest BCUT2D eigenvalue weighted by Crippen LogP contribution is 1.96. The maximum absolute atomic E-state index is 4.19. The molecule has 3 N–H and O–H groups in total. The lowest BCUT2D eigenvalue weighted by molar-refractivity contribution is 0.428. The van der Waals surface area contributed by atoms with Gasteiger partial charge in [0.2, 0.25) is 0 Å². The summed E-state index contributed by atoms with van der Waals surface area (Å²) in [5.41, 5.74) is 0.180. The highest BCUT2D eigenvalue weighted by molar-refractivity contribution is 5.79. The Morgan fingerprint density at radius 2 is 1.65 bits per heavy atom. The zero-order valence-corrected chi connectivity index (χ0v) is 12.2. The van der Waals surface area contributed by atoms with Gasteiger partial charge in [0.15, 0.2) is 5.96 Å². The first-order chi connectivity index (χ1) is 7.99. The molecule has 4 nitrogen and oxygen atoms in total. The van der Waals surface area contributed by atoms with E-state index in [1.54, 1.807) is 0 Å². The van der Waals surface area contributed by atoms with Crippen LogP contribution >= 0.6 is 0 Å². The average Bonchev–Trinajstić information content (AvgIpc) is 2.25. The van der Waals surface area contributed by atoms with Crippen LogP contribution in [0, 0.1) is 0 Å². The number of hydrogen-bond acceptors (Lipinski definition) is 2. The van der Waals surface area contributed by atoms with Crippen LogP contribution in [0.2, 0.25) is 0 Å². The van der Waals surface area contributed by atoms with Gasteiger partial charge < -0.3 is 16.0 Å². The van der Waals surface area contributed by atoms with E-state index in [0.717, 1.165) is 25.6 Å². The lowest BCUT2D eigenvalue weighted by Gasteiger charge is -2.21. The van der Waals surface area contributed by atoms with Crippen LogP contribution in [-0.2, 0) is 0 Å². The summed E-state index contributed by atoms with van der Waals surface area (Å²) in [4.78, 5) is 4.19. The fourth-order valence-corrected chi connectivity index (χ4v) is 1.42. The Kier molecular flexibility index (Phi) is 8.86. The quantitative estimate of drug-likeness (QED) is 0.362. The molecule has 17 heavy (non-hydrogen) atoms. The third kappa shape index (κ3) is 11.5. The van der Waals surface area contributed by atoms with Crippen LogP contribution in [0.1, 0.15) is 47.0 Å². The molecule has 0 atom stereocenters. The van der Waals surface area contributed by atoms with E-state index in [9.17, 15) is 0 Å². The molecule has 0 saturated heterocycles. The van der Waals surface area contributed by atoms with E-state index < -0.39 is 0 Å². The van der Waals surface area contributed by atoms with Gasteiger partial charge in [-0.3, -0.25) is 4.99 Å². The second-order valence-corrected chi connectivity index (χ2v) is 5.31. The molecule has 0 unspecified atom stereocenters. The van der Waals surface area contributed by atoms with Crippen LogP contribution in [0.25, 0.3) is 0 Å². The molecule has 0 aromatic rings. The molecule has 102 valence electrons. The third-order valence-electron chi connectivity index (χ3n) is 2.37. The Bertz CT molecular complexity index is 206. The van der Waals surface area contributed by atoms with Crippen LogP contribution in [0.4, 0.5) is 0 Å². The monoisotopic (exact) mass is 242 g/mol. The van der Waals surface area contributed by atoms with Gasteiger partial charge in [0.05, 0.1) is 0 Å². The van der Waals surface area contributed by atoms with Crippen LogP contribution < -0.4 is 16.0 Å². The van der Waals surface area contributed by atoms with E-state index >= 15 is 0 Å². The number of guanidine groups is 1. The van der Waals surface area contributed by atoms with Crippen molar-refractivity contribution in [2.75, 3.05) is 26.7 Å². The standard InChI is InChI=1S/C13H30N4/c1-6-7-8-9-15-12(14-5)16-10-11-17-13(2,3)4/h17H,6-11H2,1-5H3,(H2,14,15,16). The third-order valence-corrected chi connectivity index (χ3v) is 2.37. The lowest BCUT2D eigenvalue weighted by atomic mass is 10.1. The van der Waals surface area contributed by atoms with Gasteiger partial charge in [-0.25, -0.2) is 0 Å². The van der Waals surface area contributed by atoms with E-state index in [1.807, 2.05) is 7.05 Å². The van der Waals surface area contributed by atoms with Crippen molar-refractivity contribution in [2.24, 2.45) is 4.99 Å². The predicted octanol–water partition coefficient (Wildman–Crippen LogP) is 1.73. The van der Waals surface area contributed by atoms with Crippen molar-refractivity contribution in [1.29, 1.82) is 0 Å². The largest absolute Gasteiger partial charge is 0.356 e. The first-order valence-electron chi connectivity index (χ1n) is 6.69. The topological polar surface area (TPSA) is 48.5 Å². The summed E-state index contributed by atoms with van der Waals surface area (Å²) in [5, 5.41) is 10.0. The van der Waals surface area contributed by atoms with Crippen molar-refractivity contribution in [2.45, 2.75) is 52.5 Å². The summed E-state index contributed by atoms with van der Waals surface area (Å²) in [5.74, 6) is 0.900. The highest BCUT2D eigenvalue weighted by atomic mass is 15.2. The van der Waals surface area contributed by atoms with Crippen LogP contribution in [-0.4, -0.2) is 38.2 Å². The van der Waals surface area contributed by atoms with Crippen molar-refractivity contribution in [3.05, 3.63) is 0 Å². The first kappa shape index (κ1) is 16.2. The molecule has 0 fully saturated rings. The summed E-state index contributed by atoms with van der Waals surface area (Å²) in [6.07, 6.45) is 3.73. The molecule has 0 amide bonds. The SMILES string of the molecule is CCCCCNC(=NC)NCCNC(C)(C)C. The number of aliphatic imine (C=N–C) groups is 1. The minimum atomic E-state index is 0.180. The molecule has 0 aromatic carbocycles. The second kappa shape index (κ2) is 9.28. The first-order valence-corrected chi connectivity index (χ1v) is 6.69. The van der Waals surface area contributed by atoms with Gasteiger partial charge in [0.1, 0.15) is 0 Å². The summed E-state index contributed by atoms with van der Waals surface area (Å²) in [6, 6.07) is 0. The molecule has 0 aliphatic rings. The van der Waals surface area contributed by atoms with Gasteiger partial charge in [0.25, 0.3) is 0 Å². The predicted molar refractivity (Wildman–Crippen MR) is 76.6 cm³/mol. The Balaban J connectivity index is 3.56. The maximum atomic E-state index is 4.19. The molecule has 0 aromatic heterocycles. The Labute approximate surface area is 107 Å². The molecule has 0 radical (unpaired) electrons. The minimum absolute atomic E-state index is 0.180. The lowest BCUT2D eigenvalue weighted by Crippen LogP contribution is -2.44. The number of rotatable bonds is 7. The zero-order chi connectivity index (χ0) is 13.1. The Hall–Kier alpha value is -0.770. The summed E-state index contributed by atoms with van der Waals surface area (Å²) in [6.45, 7) is 11.6. The minimum Gasteiger partial charge on any atom is -0.356 e. The zero-order valence-electron chi connectivity index (χ0n) is 12.2. The van der Waals surface area contributed by atoms with Crippen molar-refractivity contribution in [3.63, 3.8) is 0 Å². The molecular weight excluding hydrogens is 212 g/mol. The fraction of sp³-hybridized carbons (Fsp3) is 0.923. The van der Waals surface area contributed by atoms with E-state index in [4.69, 9.17) is 0 Å². The summed E-state index contributed by atoms with van der Waals surface area (Å²) < 4.78 is 0. The number of nitrogens with zero attached hydrogens (tertiary/aromatic N) is 1. The van der Waals surface area contributed by atoms with Crippen molar-refractivity contribution >= 4 is 5.96 Å². The van der Waals surface area contributed by atoms with Crippen LogP contribution in [0.5, 0.6) is 0 Å². The van der Waals surface area contributed by atoms with E-state index in [0.29, 0.717) is 0 Å². The van der Waals surface area contributed by atoms with Crippen LogP contribution in [0.15, 0.2) is 4.99 Å². The average molecular weight is 242 g/mol. The molecule has 0 spiro atoms. The molecule has 0 heterocycles. The smallest absolute Gasteiger partial charge is 0.191 e. The normalized spacial score (nSPS) is 12.6. The fourth-order valence-electron chi connectivity index (χ4n) is 1.42. The molecule has 0 aliphatic carbocycles.